The van der Waals surface area contributed by atoms with Crippen molar-refractivity contribution in [2.45, 2.75) is 24.4 Å². The van der Waals surface area contributed by atoms with E-state index in [4.69, 9.17) is 8.83 Å². The van der Waals surface area contributed by atoms with E-state index < -0.39 is 0 Å². The highest BCUT2D eigenvalue weighted by atomic mass is 32.2. The Morgan fingerprint density at radius 2 is 1.96 bits per heavy atom. The maximum absolute atomic E-state index is 5.75. The number of aromatic nitrogens is 5. The van der Waals surface area contributed by atoms with Crippen molar-refractivity contribution in [2.75, 3.05) is 0 Å². The molecule has 0 spiro atoms. The molecule has 0 amide bonds. The number of rotatable bonds is 7. The van der Waals surface area contributed by atoms with Crippen LogP contribution in [0.4, 0.5) is 0 Å². The summed E-state index contributed by atoms with van der Waals surface area (Å²) in [6, 6.07) is 11.6. The molecule has 3 heterocycles. The molecule has 0 N–H and O–H groups in total. The van der Waals surface area contributed by atoms with Crippen LogP contribution in [0.1, 0.15) is 11.7 Å². The summed E-state index contributed by atoms with van der Waals surface area (Å²) in [7, 11) is 0. The summed E-state index contributed by atoms with van der Waals surface area (Å²) in [6.07, 6.45) is 3.46. The molecule has 1 aromatic carbocycles. The second kappa shape index (κ2) is 7.63. The van der Waals surface area contributed by atoms with Crippen LogP contribution in [0.15, 0.2) is 69.3 Å². The van der Waals surface area contributed by atoms with Crippen molar-refractivity contribution in [1.29, 1.82) is 0 Å². The van der Waals surface area contributed by atoms with Crippen LogP contribution in [0, 0.1) is 6.92 Å². The minimum atomic E-state index is 0.499. The molecule has 0 bridgehead atoms. The zero-order chi connectivity index (χ0) is 18.6. The van der Waals surface area contributed by atoms with Crippen molar-refractivity contribution in [3.05, 3.63) is 67.0 Å². The van der Waals surface area contributed by atoms with Crippen LogP contribution in [0.5, 0.6) is 0 Å². The maximum Gasteiger partial charge on any atom is 0.247 e. The smallest absolute Gasteiger partial charge is 0.247 e. The molecule has 0 aliphatic carbocycles. The van der Waals surface area contributed by atoms with Crippen LogP contribution in [0.25, 0.3) is 22.8 Å². The Hall–Kier alpha value is -3.13. The maximum atomic E-state index is 5.75. The zero-order valence-electron chi connectivity index (χ0n) is 14.7. The molecule has 7 nitrogen and oxygen atoms in total. The molecular formula is C19H17N5O2S. The molecule has 4 rings (SSSR count). The highest BCUT2D eigenvalue weighted by Gasteiger charge is 2.18. The van der Waals surface area contributed by atoms with Gasteiger partial charge in [-0.15, -0.1) is 27.0 Å². The van der Waals surface area contributed by atoms with E-state index in [0.717, 1.165) is 27.9 Å². The van der Waals surface area contributed by atoms with Crippen LogP contribution < -0.4 is 0 Å². The fourth-order valence-corrected chi connectivity index (χ4v) is 3.43. The fraction of sp³-hybridized carbons (Fsp3) is 0.158. The summed E-state index contributed by atoms with van der Waals surface area (Å²) < 4.78 is 13.1. The SMILES string of the molecule is C=CCn1c(SCc2nnc(-c3ccccc3)o2)nnc1-c1ccoc1C. The Balaban J connectivity index is 1.53. The Bertz CT molecular complexity index is 1050. The topological polar surface area (TPSA) is 82.8 Å². The van der Waals surface area contributed by atoms with Gasteiger partial charge in [0, 0.05) is 12.1 Å². The lowest BCUT2D eigenvalue weighted by Crippen LogP contribution is -2.00. The molecule has 0 saturated carbocycles. The largest absolute Gasteiger partial charge is 0.469 e. The van der Waals surface area contributed by atoms with E-state index >= 15 is 0 Å². The van der Waals surface area contributed by atoms with Crippen molar-refractivity contribution < 1.29 is 8.83 Å². The van der Waals surface area contributed by atoms with Crippen molar-refractivity contribution >= 4 is 11.8 Å². The third-order valence-corrected chi connectivity index (χ3v) is 4.89. The molecule has 0 aliphatic rings. The normalized spacial score (nSPS) is 11.0. The van der Waals surface area contributed by atoms with Crippen molar-refractivity contribution in [3.63, 3.8) is 0 Å². The first-order valence-corrected chi connectivity index (χ1v) is 9.34. The van der Waals surface area contributed by atoms with Gasteiger partial charge in [-0.3, -0.25) is 4.57 Å². The van der Waals surface area contributed by atoms with Gasteiger partial charge in [0.1, 0.15) is 5.76 Å². The Labute approximate surface area is 160 Å². The predicted molar refractivity (Wildman–Crippen MR) is 102 cm³/mol. The van der Waals surface area contributed by atoms with Crippen LogP contribution in [0.2, 0.25) is 0 Å². The molecular weight excluding hydrogens is 362 g/mol. The van der Waals surface area contributed by atoms with Gasteiger partial charge in [0.25, 0.3) is 0 Å². The molecule has 0 aliphatic heterocycles. The molecule has 4 aromatic rings. The van der Waals surface area contributed by atoms with E-state index in [2.05, 4.69) is 27.0 Å². The van der Waals surface area contributed by atoms with Gasteiger partial charge in [-0.05, 0) is 25.1 Å². The standard InChI is InChI=1S/C19H17N5O2S/c1-3-10-24-17(15-9-11-25-13(15)2)21-23-19(24)27-12-16-20-22-18(26-16)14-7-5-4-6-8-14/h3-9,11H,1,10,12H2,2H3. The lowest BCUT2D eigenvalue weighted by molar-refractivity contribution is 0.528. The van der Waals surface area contributed by atoms with Gasteiger partial charge in [-0.2, -0.15) is 0 Å². The number of aryl methyl sites for hydroxylation is 1. The summed E-state index contributed by atoms with van der Waals surface area (Å²) in [5, 5.41) is 17.6. The van der Waals surface area contributed by atoms with Crippen LogP contribution in [0.3, 0.4) is 0 Å². The summed E-state index contributed by atoms with van der Waals surface area (Å²) in [4.78, 5) is 0. The minimum absolute atomic E-state index is 0.499. The minimum Gasteiger partial charge on any atom is -0.469 e. The Kier molecular flexibility index (Phi) is 4.88. The lowest BCUT2D eigenvalue weighted by atomic mass is 10.2. The van der Waals surface area contributed by atoms with Crippen molar-refractivity contribution in [3.8, 4) is 22.8 Å². The summed E-state index contributed by atoms with van der Waals surface area (Å²) >= 11 is 1.49. The second-order valence-corrected chi connectivity index (χ2v) is 6.69. The highest BCUT2D eigenvalue weighted by Crippen LogP contribution is 2.29. The van der Waals surface area contributed by atoms with Gasteiger partial charge >= 0.3 is 0 Å². The molecule has 0 unspecified atom stereocenters. The third kappa shape index (κ3) is 3.56. The van der Waals surface area contributed by atoms with E-state index in [9.17, 15) is 0 Å². The van der Waals surface area contributed by atoms with E-state index in [1.54, 1.807) is 6.26 Å². The fourth-order valence-electron chi connectivity index (χ4n) is 2.64. The number of benzene rings is 1. The molecule has 0 fully saturated rings. The summed E-state index contributed by atoms with van der Waals surface area (Å²) in [5.74, 6) is 3.09. The first-order valence-electron chi connectivity index (χ1n) is 8.35. The number of nitrogens with zero attached hydrogens (tertiary/aromatic N) is 5. The average Bonchev–Trinajstić information content (AvgIpc) is 3.41. The van der Waals surface area contributed by atoms with Gasteiger partial charge in [-0.25, -0.2) is 0 Å². The first-order chi connectivity index (χ1) is 13.3. The van der Waals surface area contributed by atoms with E-state index in [1.165, 1.54) is 11.8 Å². The van der Waals surface area contributed by atoms with Crippen molar-refractivity contribution in [2.24, 2.45) is 0 Å². The van der Waals surface area contributed by atoms with Crippen molar-refractivity contribution in [1.82, 2.24) is 25.0 Å². The van der Waals surface area contributed by atoms with Gasteiger partial charge in [0.2, 0.25) is 11.8 Å². The molecule has 0 radical (unpaired) electrons. The molecule has 8 heteroatoms. The number of hydrogen-bond acceptors (Lipinski definition) is 7. The third-order valence-electron chi connectivity index (χ3n) is 3.94. The second-order valence-electron chi connectivity index (χ2n) is 5.75. The molecule has 136 valence electrons. The molecule has 27 heavy (non-hydrogen) atoms. The highest BCUT2D eigenvalue weighted by molar-refractivity contribution is 7.98. The zero-order valence-corrected chi connectivity index (χ0v) is 15.5. The van der Waals surface area contributed by atoms with E-state index in [0.29, 0.717) is 24.1 Å². The average molecular weight is 379 g/mol. The van der Waals surface area contributed by atoms with Crippen LogP contribution in [-0.4, -0.2) is 25.0 Å². The Morgan fingerprint density at radius 1 is 1.11 bits per heavy atom. The van der Waals surface area contributed by atoms with Crippen LogP contribution >= 0.6 is 11.8 Å². The number of furan rings is 1. The summed E-state index contributed by atoms with van der Waals surface area (Å²) in [6.45, 7) is 6.32. The van der Waals surface area contributed by atoms with Gasteiger partial charge in [-0.1, -0.05) is 36.0 Å². The number of hydrogen-bond donors (Lipinski definition) is 0. The predicted octanol–water partition coefficient (Wildman–Crippen LogP) is 4.37. The monoisotopic (exact) mass is 379 g/mol. The van der Waals surface area contributed by atoms with E-state index in [-0.39, 0.29) is 0 Å². The number of thioether (sulfide) groups is 1. The number of allylic oxidation sites excluding steroid dienone is 1. The molecule has 0 atom stereocenters. The molecule has 3 aromatic heterocycles. The molecule has 0 saturated heterocycles. The first kappa shape index (κ1) is 17.3. The van der Waals surface area contributed by atoms with E-state index in [1.807, 2.05) is 54.0 Å². The van der Waals surface area contributed by atoms with Gasteiger partial charge < -0.3 is 8.83 Å². The Morgan fingerprint density at radius 3 is 2.70 bits per heavy atom. The van der Waals surface area contributed by atoms with Gasteiger partial charge in [0.15, 0.2) is 11.0 Å². The van der Waals surface area contributed by atoms with Gasteiger partial charge in [0.05, 0.1) is 17.6 Å². The van der Waals surface area contributed by atoms with Crippen LogP contribution in [-0.2, 0) is 12.3 Å². The summed E-state index contributed by atoms with van der Waals surface area (Å²) in [5.41, 5.74) is 1.81. The quantitative estimate of drug-likeness (QED) is 0.348. The lowest BCUT2D eigenvalue weighted by Gasteiger charge is -2.06.